The highest BCUT2D eigenvalue weighted by Gasteiger charge is 2.49. The van der Waals surface area contributed by atoms with Crippen LogP contribution in [0.2, 0.25) is 0 Å². The van der Waals surface area contributed by atoms with Crippen molar-refractivity contribution in [3.8, 4) is 0 Å². The zero-order chi connectivity index (χ0) is 15.6. The van der Waals surface area contributed by atoms with E-state index >= 15 is 0 Å². The molecule has 128 valence electrons. The predicted octanol–water partition coefficient (Wildman–Crippen LogP) is 2.18. The fraction of sp³-hybridized carbons (Fsp3) is 0.588. The maximum atomic E-state index is 13.7. The second-order valence-electron chi connectivity index (χ2n) is 6.48. The fourth-order valence-electron chi connectivity index (χ4n) is 3.91. The minimum atomic E-state index is -1.02. The lowest BCUT2D eigenvalue weighted by atomic mass is 9.67. The summed E-state index contributed by atoms with van der Waals surface area (Å²) in [7, 11) is 0. The molecule has 3 N–H and O–H groups in total. The monoisotopic (exact) mass is 342 g/mol. The van der Waals surface area contributed by atoms with Crippen molar-refractivity contribution in [2.24, 2.45) is 11.3 Å². The summed E-state index contributed by atoms with van der Waals surface area (Å²) in [5.41, 5.74) is -0.113. The molecule has 4 nitrogen and oxygen atoms in total. The number of nitrogens with one attached hydrogen (secondary N) is 2. The van der Waals surface area contributed by atoms with Gasteiger partial charge in [-0.05, 0) is 31.4 Å². The lowest BCUT2D eigenvalue weighted by molar-refractivity contribution is -0.134. The number of benzene rings is 1. The molecule has 1 amide bonds. The zero-order valence-corrected chi connectivity index (χ0v) is 13.9. The number of halogens is 2. The van der Waals surface area contributed by atoms with Crippen LogP contribution in [-0.4, -0.2) is 30.6 Å². The first-order chi connectivity index (χ1) is 10.6. The lowest BCUT2D eigenvalue weighted by Gasteiger charge is -2.37. The van der Waals surface area contributed by atoms with Gasteiger partial charge >= 0.3 is 0 Å². The SMILES string of the molecule is Cl.O=C(NCC(O)c1ccccc1F)[C@@]12CCCC[C@H]1CNC2. The van der Waals surface area contributed by atoms with Crippen LogP contribution < -0.4 is 10.6 Å². The number of carbonyl (C=O) groups is 1. The molecule has 0 bridgehead atoms. The number of rotatable bonds is 4. The maximum Gasteiger partial charge on any atom is 0.227 e. The van der Waals surface area contributed by atoms with Crippen molar-refractivity contribution in [1.82, 2.24) is 10.6 Å². The third kappa shape index (κ3) is 3.52. The molecule has 0 radical (unpaired) electrons. The molecule has 6 heteroatoms. The molecule has 0 spiro atoms. The van der Waals surface area contributed by atoms with E-state index in [2.05, 4.69) is 10.6 Å². The topological polar surface area (TPSA) is 61.4 Å². The summed E-state index contributed by atoms with van der Waals surface area (Å²) in [4.78, 5) is 12.7. The smallest absolute Gasteiger partial charge is 0.227 e. The fourth-order valence-corrected chi connectivity index (χ4v) is 3.91. The molecule has 3 atom stereocenters. The summed E-state index contributed by atoms with van der Waals surface area (Å²) in [6, 6.07) is 6.13. The molecule has 1 heterocycles. The van der Waals surface area contributed by atoms with Crippen molar-refractivity contribution in [2.45, 2.75) is 31.8 Å². The highest BCUT2D eigenvalue weighted by atomic mass is 35.5. The van der Waals surface area contributed by atoms with Gasteiger partial charge in [-0.15, -0.1) is 12.4 Å². The van der Waals surface area contributed by atoms with Gasteiger partial charge in [0.1, 0.15) is 5.82 Å². The molecule has 1 aromatic carbocycles. The number of hydrogen-bond donors (Lipinski definition) is 3. The van der Waals surface area contributed by atoms with Crippen LogP contribution in [0.3, 0.4) is 0 Å². The van der Waals surface area contributed by atoms with E-state index in [9.17, 15) is 14.3 Å². The number of amides is 1. The van der Waals surface area contributed by atoms with Gasteiger partial charge in [0.05, 0.1) is 11.5 Å². The van der Waals surface area contributed by atoms with Crippen molar-refractivity contribution < 1.29 is 14.3 Å². The summed E-state index contributed by atoms with van der Waals surface area (Å²) in [5, 5.41) is 16.3. The van der Waals surface area contributed by atoms with Gasteiger partial charge in [0.2, 0.25) is 5.91 Å². The summed E-state index contributed by atoms with van der Waals surface area (Å²) >= 11 is 0. The minimum absolute atomic E-state index is 0. The molecule has 1 aromatic rings. The standard InChI is InChI=1S/C17H23FN2O2.ClH/c18-14-7-2-1-6-13(14)15(21)10-20-16(22)17-8-4-3-5-12(17)9-19-11-17;/h1-2,6-7,12,15,19,21H,3-5,8-11H2,(H,20,22);1H/t12-,15?,17+;/m0./s1. The molecule has 2 aliphatic rings. The van der Waals surface area contributed by atoms with Crippen LogP contribution in [0, 0.1) is 17.2 Å². The Labute approximate surface area is 142 Å². The summed E-state index contributed by atoms with van der Waals surface area (Å²) in [6.45, 7) is 1.65. The lowest BCUT2D eigenvalue weighted by Crippen LogP contribution is -2.48. The average Bonchev–Trinajstić information content (AvgIpc) is 2.98. The van der Waals surface area contributed by atoms with E-state index in [4.69, 9.17) is 0 Å². The summed E-state index contributed by atoms with van der Waals surface area (Å²) in [5.74, 6) is -0.0649. The predicted molar refractivity (Wildman–Crippen MR) is 88.9 cm³/mol. The van der Waals surface area contributed by atoms with E-state index in [1.54, 1.807) is 18.2 Å². The first-order valence-corrected chi connectivity index (χ1v) is 8.05. The largest absolute Gasteiger partial charge is 0.386 e. The van der Waals surface area contributed by atoms with E-state index in [1.807, 2.05) is 0 Å². The van der Waals surface area contributed by atoms with Gasteiger partial charge in [-0.1, -0.05) is 31.0 Å². The van der Waals surface area contributed by atoms with E-state index in [0.717, 1.165) is 25.8 Å². The van der Waals surface area contributed by atoms with Crippen LogP contribution in [-0.2, 0) is 4.79 Å². The molecule has 1 unspecified atom stereocenters. The average molecular weight is 343 g/mol. The van der Waals surface area contributed by atoms with E-state index in [0.29, 0.717) is 12.5 Å². The number of hydrogen-bond acceptors (Lipinski definition) is 3. The zero-order valence-electron chi connectivity index (χ0n) is 13.1. The van der Waals surface area contributed by atoms with Gasteiger partial charge in [-0.2, -0.15) is 0 Å². The Hall–Kier alpha value is -1.17. The van der Waals surface area contributed by atoms with Gasteiger partial charge in [0, 0.05) is 18.7 Å². The highest BCUT2D eigenvalue weighted by Crippen LogP contribution is 2.43. The van der Waals surface area contributed by atoms with Gasteiger partial charge in [0.25, 0.3) is 0 Å². The third-order valence-electron chi connectivity index (χ3n) is 5.21. The van der Waals surface area contributed by atoms with Gasteiger partial charge in [0.15, 0.2) is 0 Å². The number of aliphatic hydroxyl groups is 1. The van der Waals surface area contributed by atoms with Crippen molar-refractivity contribution in [3.63, 3.8) is 0 Å². The van der Waals surface area contributed by atoms with E-state index in [1.165, 1.54) is 12.5 Å². The molecule has 1 aliphatic carbocycles. The second kappa shape index (κ2) is 7.60. The van der Waals surface area contributed by atoms with E-state index < -0.39 is 11.9 Å². The van der Waals surface area contributed by atoms with Crippen LogP contribution in [0.15, 0.2) is 24.3 Å². The quantitative estimate of drug-likeness (QED) is 0.786. The van der Waals surface area contributed by atoms with Crippen molar-refractivity contribution in [2.75, 3.05) is 19.6 Å². The molecular formula is C17H24ClFN2O2. The molecule has 1 aliphatic heterocycles. The van der Waals surface area contributed by atoms with Crippen LogP contribution >= 0.6 is 12.4 Å². The summed E-state index contributed by atoms with van der Waals surface area (Å²) < 4.78 is 13.7. The Morgan fingerprint density at radius 2 is 2.22 bits per heavy atom. The Balaban J connectivity index is 0.00000192. The van der Waals surface area contributed by atoms with Gasteiger partial charge < -0.3 is 15.7 Å². The molecule has 1 saturated heterocycles. The Morgan fingerprint density at radius 3 is 3.00 bits per heavy atom. The Morgan fingerprint density at radius 1 is 1.43 bits per heavy atom. The molecule has 3 rings (SSSR count). The number of aliphatic hydroxyl groups excluding tert-OH is 1. The molecule has 1 saturated carbocycles. The van der Waals surface area contributed by atoms with Crippen LogP contribution in [0.5, 0.6) is 0 Å². The van der Waals surface area contributed by atoms with Crippen molar-refractivity contribution in [3.05, 3.63) is 35.6 Å². The van der Waals surface area contributed by atoms with E-state index in [-0.39, 0.29) is 35.8 Å². The molecule has 2 fully saturated rings. The second-order valence-corrected chi connectivity index (χ2v) is 6.48. The molecule has 23 heavy (non-hydrogen) atoms. The highest BCUT2D eigenvalue weighted by molar-refractivity contribution is 5.85. The van der Waals surface area contributed by atoms with Gasteiger partial charge in [-0.3, -0.25) is 4.79 Å². The first-order valence-electron chi connectivity index (χ1n) is 8.05. The molecule has 0 aromatic heterocycles. The number of carbonyl (C=O) groups excluding carboxylic acids is 1. The first kappa shape index (κ1) is 18.2. The van der Waals surface area contributed by atoms with Gasteiger partial charge in [-0.25, -0.2) is 4.39 Å². The molecular weight excluding hydrogens is 319 g/mol. The Kier molecular flexibility index (Phi) is 6.00. The van der Waals surface area contributed by atoms with Crippen molar-refractivity contribution in [1.29, 1.82) is 0 Å². The third-order valence-corrected chi connectivity index (χ3v) is 5.21. The number of fused-ring (bicyclic) bond motifs is 1. The summed E-state index contributed by atoms with van der Waals surface area (Å²) in [6.07, 6.45) is 3.21. The minimum Gasteiger partial charge on any atom is -0.386 e. The normalized spacial score (nSPS) is 27.7. The van der Waals surface area contributed by atoms with Crippen LogP contribution in [0.1, 0.15) is 37.4 Å². The Bertz CT molecular complexity index is 557. The van der Waals surface area contributed by atoms with Crippen molar-refractivity contribution >= 4 is 18.3 Å². The van der Waals surface area contributed by atoms with Crippen LogP contribution in [0.25, 0.3) is 0 Å². The van der Waals surface area contributed by atoms with Crippen LogP contribution in [0.4, 0.5) is 4.39 Å². The maximum absolute atomic E-state index is 13.7.